The number of hydrogen-bond acceptors (Lipinski definition) is 7. The van der Waals surface area contributed by atoms with Crippen molar-refractivity contribution >= 4 is 44.7 Å². The van der Waals surface area contributed by atoms with E-state index in [0.29, 0.717) is 32.6 Å². The van der Waals surface area contributed by atoms with Gasteiger partial charge in [-0.1, -0.05) is 6.07 Å². The van der Waals surface area contributed by atoms with E-state index in [1.807, 2.05) is 5.38 Å². The number of amides is 2. The Morgan fingerprint density at radius 3 is 2.71 bits per heavy atom. The van der Waals surface area contributed by atoms with E-state index in [0.717, 1.165) is 5.56 Å². The Bertz CT molecular complexity index is 1340. The quantitative estimate of drug-likeness (QED) is 0.305. The predicted molar refractivity (Wildman–Crippen MR) is 129 cm³/mol. The molecule has 0 unspecified atom stereocenters. The van der Waals surface area contributed by atoms with E-state index >= 15 is 0 Å². The van der Waals surface area contributed by atoms with Crippen LogP contribution in [0.1, 0.15) is 26.3 Å². The molecule has 0 saturated heterocycles. The number of hydrogen-bond donors (Lipinski definition) is 4. The van der Waals surface area contributed by atoms with Gasteiger partial charge in [-0.2, -0.15) is 0 Å². The normalized spacial score (nSPS) is 10.8. The molecule has 4 rings (SSSR count). The van der Waals surface area contributed by atoms with E-state index < -0.39 is 0 Å². The highest BCUT2D eigenvalue weighted by molar-refractivity contribution is 7.17. The maximum Gasteiger partial charge on any atom is 0.255 e. The number of thiophene rings is 1. The second-order valence-corrected chi connectivity index (χ2v) is 8.16. The highest BCUT2D eigenvalue weighted by Crippen LogP contribution is 2.33. The van der Waals surface area contributed by atoms with Gasteiger partial charge in [-0.15, -0.1) is 11.3 Å². The summed E-state index contributed by atoms with van der Waals surface area (Å²) in [7, 11) is 0. The number of halogens is 1. The van der Waals surface area contributed by atoms with Crippen LogP contribution >= 0.6 is 11.3 Å². The van der Waals surface area contributed by atoms with Gasteiger partial charge in [-0.25, -0.2) is 9.37 Å². The highest BCUT2D eigenvalue weighted by atomic mass is 32.1. The Kier molecular flexibility index (Phi) is 7.00. The molecule has 0 atom stereocenters. The van der Waals surface area contributed by atoms with E-state index in [1.165, 1.54) is 41.8 Å². The van der Waals surface area contributed by atoms with Crippen LogP contribution in [0, 0.1) is 5.82 Å². The Hall–Kier alpha value is -4.02. The molecule has 0 bridgehead atoms. The van der Waals surface area contributed by atoms with Gasteiger partial charge in [-0.3, -0.25) is 9.59 Å². The second kappa shape index (κ2) is 10.3. The fraction of sp³-hybridized carbons (Fsp3) is 0.125. The smallest absolute Gasteiger partial charge is 0.255 e. The van der Waals surface area contributed by atoms with Crippen LogP contribution in [0.25, 0.3) is 10.1 Å². The van der Waals surface area contributed by atoms with Crippen LogP contribution in [0.15, 0.2) is 60.1 Å². The minimum Gasteiger partial charge on any atom is -0.489 e. The summed E-state index contributed by atoms with van der Waals surface area (Å²) in [5.41, 5.74) is 8.05. The molecule has 2 aromatic carbocycles. The third kappa shape index (κ3) is 5.13. The minimum absolute atomic E-state index is 0.136. The van der Waals surface area contributed by atoms with Gasteiger partial charge in [0.15, 0.2) is 0 Å². The summed E-state index contributed by atoms with van der Waals surface area (Å²) in [6.45, 7) is 0.121. The molecule has 0 radical (unpaired) electrons. The van der Waals surface area contributed by atoms with Crippen molar-refractivity contribution < 1.29 is 23.8 Å². The number of nitrogen functional groups attached to an aromatic ring is 1. The Balaban J connectivity index is 1.49. The molecule has 2 amide bonds. The molecule has 0 spiro atoms. The molecule has 2 heterocycles. The summed E-state index contributed by atoms with van der Waals surface area (Å²) >= 11 is 1.35. The van der Waals surface area contributed by atoms with Crippen molar-refractivity contribution in [3.05, 3.63) is 82.6 Å². The summed E-state index contributed by atoms with van der Waals surface area (Å²) < 4.78 is 19.6. The van der Waals surface area contributed by atoms with Crippen molar-refractivity contribution in [1.82, 2.24) is 10.3 Å². The maximum atomic E-state index is 13.1. The molecule has 0 saturated carbocycles. The summed E-state index contributed by atoms with van der Waals surface area (Å²) in [5, 5.41) is 16.7. The van der Waals surface area contributed by atoms with Crippen LogP contribution in [0.4, 0.5) is 15.9 Å². The number of aliphatic hydroxyl groups is 1. The molecular formula is C24H21FN4O4S. The van der Waals surface area contributed by atoms with Crippen LogP contribution in [-0.4, -0.2) is 35.1 Å². The number of benzene rings is 2. The van der Waals surface area contributed by atoms with E-state index in [-0.39, 0.29) is 43.2 Å². The SMILES string of the molecule is Nc1ncc(C(=O)NCCO)c2scc(COc3cccc(C(=O)Nc4ccc(F)cc4)c3)c12. The zero-order valence-electron chi connectivity index (χ0n) is 17.9. The molecule has 34 heavy (non-hydrogen) atoms. The largest absolute Gasteiger partial charge is 0.489 e. The first-order chi connectivity index (χ1) is 16.5. The molecule has 2 aromatic heterocycles. The number of carbonyl (C=O) groups excluding carboxylic acids is 2. The molecule has 0 aliphatic carbocycles. The van der Waals surface area contributed by atoms with Gasteiger partial charge in [0, 0.05) is 34.9 Å². The van der Waals surface area contributed by atoms with E-state index in [4.69, 9.17) is 15.6 Å². The molecule has 5 N–H and O–H groups in total. The topological polar surface area (TPSA) is 127 Å². The minimum atomic E-state index is -0.386. The number of nitrogens with zero attached hydrogens (tertiary/aromatic N) is 1. The summed E-state index contributed by atoms with van der Waals surface area (Å²) in [4.78, 5) is 29.1. The number of carbonyl (C=O) groups is 2. The Morgan fingerprint density at radius 1 is 1.15 bits per heavy atom. The lowest BCUT2D eigenvalue weighted by atomic mass is 10.1. The lowest BCUT2D eigenvalue weighted by molar-refractivity contribution is 0.0945. The third-order valence-electron chi connectivity index (χ3n) is 4.94. The molecule has 8 nitrogen and oxygen atoms in total. The number of rotatable bonds is 8. The van der Waals surface area contributed by atoms with Crippen molar-refractivity contribution in [2.45, 2.75) is 6.61 Å². The number of pyridine rings is 1. The molecule has 0 fully saturated rings. The van der Waals surface area contributed by atoms with E-state index in [1.54, 1.807) is 24.3 Å². The third-order valence-corrected chi connectivity index (χ3v) is 6.00. The van der Waals surface area contributed by atoms with Gasteiger partial charge < -0.3 is 26.2 Å². The van der Waals surface area contributed by atoms with Gasteiger partial charge >= 0.3 is 0 Å². The fourth-order valence-corrected chi connectivity index (χ4v) is 4.36. The lowest BCUT2D eigenvalue weighted by Gasteiger charge is -2.10. The molecule has 10 heteroatoms. The van der Waals surface area contributed by atoms with Gasteiger partial charge in [0.1, 0.15) is 24.0 Å². The van der Waals surface area contributed by atoms with Crippen molar-refractivity contribution in [2.24, 2.45) is 0 Å². The van der Waals surface area contributed by atoms with Crippen molar-refractivity contribution in [2.75, 3.05) is 24.2 Å². The van der Waals surface area contributed by atoms with Crippen LogP contribution in [0.2, 0.25) is 0 Å². The first-order valence-corrected chi connectivity index (χ1v) is 11.2. The highest BCUT2D eigenvalue weighted by Gasteiger charge is 2.17. The molecular weight excluding hydrogens is 459 g/mol. The Labute approximate surface area is 198 Å². The Morgan fingerprint density at radius 2 is 1.94 bits per heavy atom. The first kappa shape index (κ1) is 23.1. The number of aromatic nitrogens is 1. The molecule has 0 aliphatic rings. The summed E-state index contributed by atoms with van der Waals surface area (Å²) in [6, 6.07) is 12.1. The standard InChI is InChI=1S/C24H21FN4O4S/c25-16-4-6-17(7-5-16)29-23(31)14-2-1-3-18(10-14)33-12-15-13-34-21-19(24(32)27-8-9-30)11-28-22(26)20(15)21/h1-7,10-11,13,30H,8-9,12H2,(H2,26,28)(H,27,32)(H,29,31). The summed E-state index contributed by atoms with van der Waals surface area (Å²) in [5.74, 6) is -0.343. The van der Waals surface area contributed by atoms with Crippen LogP contribution < -0.4 is 21.1 Å². The summed E-state index contributed by atoms with van der Waals surface area (Å²) in [6.07, 6.45) is 1.41. The fourth-order valence-electron chi connectivity index (χ4n) is 3.29. The lowest BCUT2D eigenvalue weighted by Crippen LogP contribution is -2.26. The number of aliphatic hydroxyl groups excluding tert-OH is 1. The van der Waals surface area contributed by atoms with Crippen molar-refractivity contribution in [3.8, 4) is 5.75 Å². The first-order valence-electron chi connectivity index (χ1n) is 10.3. The monoisotopic (exact) mass is 480 g/mol. The van der Waals surface area contributed by atoms with Crippen LogP contribution in [-0.2, 0) is 6.61 Å². The van der Waals surface area contributed by atoms with Gasteiger partial charge in [-0.05, 0) is 47.8 Å². The number of anilines is 2. The van der Waals surface area contributed by atoms with Gasteiger partial charge in [0.05, 0.1) is 16.9 Å². The van der Waals surface area contributed by atoms with Gasteiger partial charge in [0.2, 0.25) is 0 Å². The van der Waals surface area contributed by atoms with Crippen molar-refractivity contribution in [3.63, 3.8) is 0 Å². The average Bonchev–Trinajstić information content (AvgIpc) is 3.28. The predicted octanol–water partition coefficient (Wildman–Crippen LogP) is 3.57. The van der Waals surface area contributed by atoms with Crippen LogP contribution in [0.3, 0.4) is 0 Å². The van der Waals surface area contributed by atoms with Gasteiger partial charge in [0.25, 0.3) is 11.8 Å². The maximum absolute atomic E-state index is 13.1. The average molecular weight is 481 g/mol. The second-order valence-electron chi connectivity index (χ2n) is 7.28. The number of ether oxygens (including phenoxy) is 1. The van der Waals surface area contributed by atoms with E-state index in [2.05, 4.69) is 15.6 Å². The number of nitrogens with one attached hydrogen (secondary N) is 2. The van der Waals surface area contributed by atoms with Crippen LogP contribution in [0.5, 0.6) is 5.75 Å². The number of fused-ring (bicyclic) bond motifs is 1. The number of nitrogens with two attached hydrogens (primary N) is 1. The molecule has 174 valence electrons. The molecule has 4 aromatic rings. The zero-order chi connectivity index (χ0) is 24.1. The molecule has 0 aliphatic heterocycles. The van der Waals surface area contributed by atoms with E-state index in [9.17, 15) is 14.0 Å². The van der Waals surface area contributed by atoms with Crippen molar-refractivity contribution in [1.29, 1.82) is 0 Å². The zero-order valence-corrected chi connectivity index (χ0v) is 18.7.